The van der Waals surface area contributed by atoms with E-state index < -0.39 is 9.85 Å². The van der Waals surface area contributed by atoms with Crippen LogP contribution in [0.2, 0.25) is 0 Å². The molecule has 0 aliphatic carbocycles. The molecule has 31 heteroatoms. The molecule has 0 spiro atoms. The summed E-state index contributed by atoms with van der Waals surface area (Å²) in [6, 6.07) is 27.7. The summed E-state index contributed by atoms with van der Waals surface area (Å²) in [5, 5.41) is 44.0. The van der Waals surface area contributed by atoms with Crippen LogP contribution >= 0.6 is 82.4 Å². The molecule has 10 heterocycles. The number of likely N-dealkylation sites (tertiary alicyclic amines) is 4. The molecule has 4 saturated heterocycles. The Bertz CT molecular complexity index is 3670. The van der Waals surface area contributed by atoms with Crippen molar-refractivity contribution in [3.8, 4) is 23.0 Å². The highest BCUT2D eigenvalue weighted by Gasteiger charge is 2.31. The standard InChI is InChI=1S/C20H23N3O2S.C14H17N3O4.C14H19N3O2.C8H6N2O4.C6H12ClN.C6H7NS2.ClH.HI/c21-16(19-4-3-11-26-19)12-15-5-6-17-18(13-15)25-14-20(24)23(17)10-9-22-7-1-2-8-22;18-14-10-21-13-9-11(17(19)20)3-4-12(13)16(14)8-7-15-5-1-2-6-15;15-11-3-4-12-13(9-11)19-10-14(18)17(12)8-7-16-5-1-2-6-16;11-8-4-14-7-3-5(10(12)13)1-2-6(7)9-8;7-3-6-8-4-1-2-5-8;1-8-6(7)5-3-2-4-9-5;;/h3-6,11,13,21H,1-2,7-10,12,14H2;3-4,9H,1-2,5-8,10H2;3-4,9H,1-2,5-8,10,15H2;1-3H,4H2,(H,9,11);1-6H2;2-4,7H,1H3;2*1H. The molecule has 534 valence electrons. The van der Waals surface area contributed by atoms with E-state index in [0.717, 1.165) is 110 Å². The number of non-ortho nitro benzene ring substituents is 2. The summed E-state index contributed by atoms with van der Waals surface area (Å²) < 4.78 is 21.4. The maximum absolute atomic E-state index is 12.3. The Morgan fingerprint density at radius 2 is 0.949 bits per heavy atom. The summed E-state index contributed by atoms with van der Waals surface area (Å²) in [5.74, 6) is 2.68. The van der Waals surface area contributed by atoms with Crippen LogP contribution < -0.4 is 44.7 Å². The molecular formula is C68H86Cl2IN13O12S3. The Morgan fingerprint density at radius 1 is 0.545 bits per heavy atom. The molecule has 0 bridgehead atoms. The van der Waals surface area contributed by atoms with Gasteiger partial charge in [0.15, 0.2) is 32.2 Å². The van der Waals surface area contributed by atoms with Crippen molar-refractivity contribution in [2.24, 2.45) is 0 Å². The first-order chi connectivity index (χ1) is 47.0. The van der Waals surface area contributed by atoms with Crippen LogP contribution in [0.25, 0.3) is 0 Å². The van der Waals surface area contributed by atoms with Gasteiger partial charge in [-0.1, -0.05) is 18.2 Å². The number of benzene rings is 4. The Balaban J connectivity index is 0.000000173. The molecule has 14 rings (SSSR count). The predicted octanol–water partition coefficient (Wildman–Crippen LogP) is 11.4. The fraction of sp³-hybridized carbons (Fsp3) is 0.441. The van der Waals surface area contributed by atoms with E-state index in [2.05, 4.69) is 24.9 Å². The fourth-order valence-electron chi connectivity index (χ4n) is 11.9. The van der Waals surface area contributed by atoms with Crippen LogP contribution in [0.4, 0.5) is 39.8 Å². The zero-order valence-corrected chi connectivity index (χ0v) is 61.7. The number of nitro groups is 2. The van der Waals surface area contributed by atoms with Crippen molar-refractivity contribution >= 4 is 157 Å². The number of nitrogen functional groups attached to an aromatic ring is 1. The number of fused-ring (bicyclic) bond motifs is 4. The van der Waals surface area contributed by atoms with E-state index in [1.165, 1.54) is 107 Å². The quantitative estimate of drug-likeness (QED) is 0.0125. The lowest BCUT2D eigenvalue weighted by molar-refractivity contribution is -0.385. The third-order valence-corrected chi connectivity index (χ3v) is 19.8. The first kappa shape index (κ1) is 79.1. The van der Waals surface area contributed by atoms with Crippen LogP contribution in [-0.4, -0.2) is 201 Å². The van der Waals surface area contributed by atoms with Gasteiger partial charge in [-0.3, -0.25) is 44.8 Å². The molecule has 0 saturated carbocycles. The number of nitrogens with two attached hydrogens (primary N) is 1. The van der Waals surface area contributed by atoms with Gasteiger partial charge >= 0.3 is 0 Å². The summed E-state index contributed by atoms with van der Waals surface area (Å²) in [6.45, 7) is 15.1. The molecule has 8 aliphatic heterocycles. The van der Waals surface area contributed by atoms with Gasteiger partial charge in [0, 0.05) is 86.9 Å². The maximum Gasteiger partial charge on any atom is 0.273 e. The van der Waals surface area contributed by atoms with Gasteiger partial charge in [-0.25, -0.2) is 0 Å². The number of ether oxygens (including phenoxy) is 4. The van der Waals surface area contributed by atoms with Crippen LogP contribution in [0, 0.1) is 31.0 Å². The van der Waals surface area contributed by atoms with Crippen molar-refractivity contribution in [3.63, 3.8) is 0 Å². The van der Waals surface area contributed by atoms with Gasteiger partial charge in [0.05, 0.1) is 55.3 Å². The number of hydrogen-bond donors (Lipinski definition) is 4. The minimum atomic E-state index is -0.514. The molecule has 4 aromatic carbocycles. The van der Waals surface area contributed by atoms with Gasteiger partial charge in [-0.2, -0.15) is 0 Å². The average Bonchev–Trinajstić information content (AvgIpc) is 1.27. The lowest BCUT2D eigenvalue weighted by Gasteiger charge is -2.31. The average molecular weight is 1570 g/mol. The van der Waals surface area contributed by atoms with Crippen LogP contribution in [0.15, 0.2) is 108 Å². The zero-order chi connectivity index (χ0) is 68.6. The van der Waals surface area contributed by atoms with E-state index in [9.17, 15) is 39.4 Å². The number of amides is 4. The van der Waals surface area contributed by atoms with Gasteiger partial charge in [-0.05, 0) is 175 Å². The first-order valence-corrected chi connectivity index (χ1v) is 36.1. The summed E-state index contributed by atoms with van der Waals surface area (Å²) in [5.41, 5.74) is 10.7. The largest absolute Gasteiger partial charge is 0.482 e. The number of hydrogen-bond acceptors (Lipinski definition) is 22. The first-order valence-electron chi connectivity index (χ1n) is 32.6. The minimum absolute atomic E-state index is 0. The number of nitrogens with zero attached hydrogens (tertiary/aromatic N) is 9. The normalized spacial score (nSPS) is 16.8. The molecule has 2 aromatic heterocycles. The monoisotopic (exact) mass is 1570 g/mol. The fourth-order valence-corrected chi connectivity index (χ4v) is 14.1. The molecule has 5 N–H and O–H groups in total. The molecule has 0 radical (unpaired) electrons. The third-order valence-electron chi connectivity index (χ3n) is 17.1. The minimum Gasteiger partial charge on any atom is -0.482 e. The van der Waals surface area contributed by atoms with Gasteiger partial charge < -0.3 is 69.7 Å². The van der Waals surface area contributed by atoms with E-state index in [-0.39, 0.29) is 97.8 Å². The van der Waals surface area contributed by atoms with Crippen molar-refractivity contribution in [1.82, 2.24) is 19.6 Å². The lowest BCUT2D eigenvalue weighted by Crippen LogP contribution is -2.43. The number of halogens is 3. The predicted molar refractivity (Wildman–Crippen MR) is 407 cm³/mol. The number of thiophene rings is 2. The van der Waals surface area contributed by atoms with Crippen molar-refractivity contribution in [2.75, 3.05) is 162 Å². The third kappa shape index (κ3) is 23.4. The number of rotatable bonds is 17. The highest BCUT2D eigenvalue weighted by molar-refractivity contribution is 14.0. The molecule has 8 aliphatic rings. The van der Waals surface area contributed by atoms with Crippen LogP contribution in [-0.2, 0) is 25.6 Å². The summed E-state index contributed by atoms with van der Waals surface area (Å²) in [7, 11) is 0. The van der Waals surface area contributed by atoms with Gasteiger partial charge in [0.2, 0.25) is 0 Å². The molecule has 6 aromatic rings. The smallest absolute Gasteiger partial charge is 0.273 e. The number of nitrogens with one attached hydrogen (secondary N) is 3. The van der Waals surface area contributed by atoms with Gasteiger partial charge in [-0.15, -0.1) is 82.4 Å². The molecular weight excluding hydrogens is 1480 g/mol. The molecule has 4 amide bonds. The van der Waals surface area contributed by atoms with E-state index in [0.29, 0.717) is 64.6 Å². The number of carbonyl (C=O) groups excluding carboxylic acids is 4. The molecule has 0 atom stereocenters. The summed E-state index contributed by atoms with van der Waals surface area (Å²) in [4.78, 5) is 84.4. The Kier molecular flexibility index (Phi) is 32.2. The van der Waals surface area contributed by atoms with E-state index >= 15 is 0 Å². The van der Waals surface area contributed by atoms with Crippen LogP contribution in [0.5, 0.6) is 23.0 Å². The summed E-state index contributed by atoms with van der Waals surface area (Å²) in [6.07, 6.45) is 12.7. The molecule has 0 unspecified atom stereocenters. The van der Waals surface area contributed by atoms with Gasteiger partial charge in [0.25, 0.3) is 35.0 Å². The Labute approximate surface area is 617 Å². The van der Waals surface area contributed by atoms with Crippen molar-refractivity contribution in [1.29, 1.82) is 10.8 Å². The maximum atomic E-state index is 12.3. The number of alkyl halides is 1. The molecule has 4 fully saturated rings. The summed E-state index contributed by atoms with van der Waals surface area (Å²) >= 11 is 10.2. The molecule has 99 heavy (non-hydrogen) atoms. The SMILES string of the molecule is CSC(=N)c1cccs1.Cl.ClCCN1CCCC1.I.N=C(Cc1ccc2c(c1)OCC(=O)N2CCN1CCCC1)c1cccs1.Nc1ccc2c(c1)OCC(=O)N2CCN1CCCC1.O=C1COc2cc([N+](=O)[O-])ccc2N1.O=C1COc2cc([N+](=O)[O-])ccc2N1CCN1CCCC1. The number of anilines is 5. The van der Waals surface area contributed by atoms with Crippen molar-refractivity contribution in [2.45, 2.75) is 57.8 Å². The zero-order valence-electron chi connectivity index (χ0n) is 55.3. The Morgan fingerprint density at radius 3 is 1.39 bits per heavy atom. The van der Waals surface area contributed by atoms with Crippen LogP contribution in [0.1, 0.15) is 66.7 Å². The highest BCUT2D eigenvalue weighted by Crippen LogP contribution is 2.38. The van der Waals surface area contributed by atoms with Crippen molar-refractivity contribution in [3.05, 3.63) is 143 Å². The van der Waals surface area contributed by atoms with E-state index in [4.69, 9.17) is 47.1 Å². The van der Waals surface area contributed by atoms with Crippen LogP contribution in [0.3, 0.4) is 0 Å². The lowest BCUT2D eigenvalue weighted by atomic mass is 10.1. The topological polar surface area (TPSA) is 300 Å². The number of thioether (sulfide) groups is 1. The highest BCUT2D eigenvalue weighted by atomic mass is 127. The molecule has 25 nitrogen and oxygen atoms in total. The second kappa shape index (κ2) is 40.3. The van der Waals surface area contributed by atoms with Crippen molar-refractivity contribution < 1.29 is 48.0 Å². The van der Waals surface area contributed by atoms with Gasteiger partial charge in [0.1, 0.15) is 22.3 Å². The Hall–Kier alpha value is -7.20. The van der Waals surface area contributed by atoms with E-state index in [1.54, 1.807) is 39.7 Å². The number of carbonyl (C=O) groups is 4. The second-order valence-corrected chi connectivity index (χ2v) is 26.8. The number of nitro benzene ring substituents is 2. The van der Waals surface area contributed by atoms with E-state index in [1.807, 2.05) is 81.4 Å². The second-order valence-electron chi connectivity index (χ2n) is 23.7.